The van der Waals surface area contributed by atoms with E-state index in [1.165, 1.54) is 42.5 Å². The van der Waals surface area contributed by atoms with Crippen molar-refractivity contribution < 1.29 is 0 Å². The van der Waals surface area contributed by atoms with E-state index >= 15 is 0 Å². The maximum absolute atomic E-state index is 4.30. The van der Waals surface area contributed by atoms with Gasteiger partial charge in [0.2, 0.25) is 0 Å². The lowest BCUT2D eigenvalue weighted by Crippen LogP contribution is -2.08. The first-order valence-electron chi connectivity index (χ1n) is 6.15. The van der Waals surface area contributed by atoms with Gasteiger partial charge in [0.25, 0.3) is 0 Å². The summed E-state index contributed by atoms with van der Waals surface area (Å²) in [6, 6.07) is 6.62. The molecule has 0 amide bonds. The van der Waals surface area contributed by atoms with Crippen LogP contribution in [0.2, 0.25) is 0 Å². The molecule has 1 aromatic heterocycles. The molecule has 0 spiro atoms. The Bertz CT molecular complexity index is 491. The molecule has 3 rings (SSSR count). The molecule has 1 N–H and O–H groups in total. The molecule has 0 radical (unpaired) electrons. The van der Waals surface area contributed by atoms with E-state index in [9.17, 15) is 0 Å². The summed E-state index contributed by atoms with van der Waals surface area (Å²) in [4.78, 5) is 4.30. The van der Waals surface area contributed by atoms with Crippen LogP contribution in [0.5, 0.6) is 0 Å². The summed E-state index contributed by atoms with van der Waals surface area (Å²) in [7, 11) is 0. The third-order valence-corrected chi connectivity index (χ3v) is 3.97. The van der Waals surface area contributed by atoms with Crippen molar-refractivity contribution in [3.8, 4) is 0 Å². The largest absolute Gasteiger partial charge is 0.379 e. The van der Waals surface area contributed by atoms with E-state index in [0.29, 0.717) is 0 Å². The van der Waals surface area contributed by atoms with Crippen molar-refractivity contribution in [3.05, 3.63) is 45.9 Å². The highest BCUT2D eigenvalue weighted by atomic mass is 32.1. The number of rotatable bonds is 3. The van der Waals surface area contributed by atoms with Crippen molar-refractivity contribution in [3.63, 3.8) is 0 Å². The van der Waals surface area contributed by atoms with Crippen LogP contribution in [-0.2, 0) is 19.4 Å². The molecule has 1 aliphatic rings. The van der Waals surface area contributed by atoms with Crippen molar-refractivity contribution in [1.82, 2.24) is 4.98 Å². The number of aryl methyl sites for hydroxylation is 1. The Labute approximate surface area is 106 Å². The smallest absolute Gasteiger partial charge is 0.0795 e. The fourth-order valence-electron chi connectivity index (χ4n) is 2.46. The fourth-order valence-corrected chi connectivity index (χ4v) is 3.02. The number of anilines is 1. The summed E-state index contributed by atoms with van der Waals surface area (Å²) >= 11 is 1.65. The van der Waals surface area contributed by atoms with Crippen LogP contribution >= 0.6 is 11.3 Å². The van der Waals surface area contributed by atoms with Crippen LogP contribution in [0, 0.1) is 0 Å². The zero-order valence-electron chi connectivity index (χ0n) is 9.78. The van der Waals surface area contributed by atoms with Crippen LogP contribution < -0.4 is 5.32 Å². The predicted molar refractivity (Wildman–Crippen MR) is 72.5 cm³/mol. The highest BCUT2D eigenvalue weighted by Gasteiger charge is 2.12. The van der Waals surface area contributed by atoms with Crippen LogP contribution in [0.4, 0.5) is 5.69 Å². The molecule has 1 heterocycles. The summed E-state index contributed by atoms with van der Waals surface area (Å²) in [6.07, 6.45) is 5.11. The van der Waals surface area contributed by atoms with E-state index in [4.69, 9.17) is 0 Å². The third kappa shape index (κ3) is 2.34. The van der Waals surface area contributed by atoms with Crippen molar-refractivity contribution in [2.75, 3.05) is 5.32 Å². The Morgan fingerprint density at radius 2 is 2.18 bits per heavy atom. The highest BCUT2D eigenvalue weighted by molar-refractivity contribution is 7.07. The van der Waals surface area contributed by atoms with Gasteiger partial charge in [-0.05, 0) is 42.9 Å². The van der Waals surface area contributed by atoms with Crippen LogP contribution in [0.3, 0.4) is 0 Å². The first-order valence-corrected chi connectivity index (χ1v) is 7.09. The average molecular weight is 244 g/mol. The fraction of sp³-hybridized carbons (Fsp3) is 0.357. The molecule has 3 heteroatoms. The van der Waals surface area contributed by atoms with Crippen LogP contribution in [0.1, 0.15) is 29.7 Å². The number of nitrogens with one attached hydrogen (secondary N) is 1. The zero-order chi connectivity index (χ0) is 11.5. The van der Waals surface area contributed by atoms with Crippen LogP contribution in [-0.4, -0.2) is 4.98 Å². The Kier molecular flexibility index (Phi) is 3.10. The van der Waals surface area contributed by atoms with Crippen LogP contribution in [0.15, 0.2) is 29.1 Å². The molecular formula is C14H16N2S. The molecule has 0 unspecified atom stereocenters. The van der Waals surface area contributed by atoms with E-state index in [1.54, 1.807) is 11.3 Å². The van der Waals surface area contributed by atoms with Gasteiger partial charge in [-0.1, -0.05) is 12.1 Å². The zero-order valence-corrected chi connectivity index (χ0v) is 10.6. The van der Waals surface area contributed by atoms with E-state index in [1.807, 2.05) is 5.51 Å². The molecule has 0 saturated heterocycles. The normalized spacial score (nSPS) is 14.4. The molecule has 0 bridgehead atoms. The van der Waals surface area contributed by atoms with E-state index in [2.05, 4.69) is 33.9 Å². The molecule has 2 nitrogen and oxygen atoms in total. The minimum absolute atomic E-state index is 0.833. The standard InChI is InChI=1S/C14H16N2S/c1-2-6-13-11(4-1)5-3-7-14(13)15-8-12-9-17-10-16-12/h3,5,7,9-10,15H,1-2,4,6,8H2. The summed E-state index contributed by atoms with van der Waals surface area (Å²) in [6.45, 7) is 0.833. The molecular weight excluding hydrogens is 228 g/mol. The summed E-state index contributed by atoms with van der Waals surface area (Å²) in [5, 5.41) is 5.62. The predicted octanol–water partition coefficient (Wildman–Crippen LogP) is 3.63. The second-order valence-corrected chi connectivity index (χ2v) is 5.20. The Balaban J connectivity index is 1.78. The number of thiazole rings is 1. The maximum Gasteiger partial charge on any atom is 0.0795 e. The van der Waals surface area contributed by atoms with E-state index in [0.717, 1.165) is 12.2 Å². The van der Waals surface area contributed by atoms with Gasteiger partial charge in [-0.3, -0.25) is 0 Å². The average Bonchev–Trinajstić information content (AvgIpc) is 2.89. The Morgan fingerprint density at radius 3 is 3.06 bits per heavy atom. The summed E-state index contributed by atoms with van der Waals surface area (Å²) in [5.41, 5.74) is 7.37. The molecule has 0 fully saturated rings. The number of fused-ring (bicyclic) bond motifs is 1. The summed E-state index contributed by atoms with van der Waals surface area (Å²) < 4.78 is 0. The Morgan fingerprint density at radius 1 is 1.24 bits per heavy atom. The van der Waals surface area contributed by atoms with Gasteiger partial charge < -0.3 is 5.32 Å². The number of hydrogen-bond donors (Lipinski definition) is 1. The maximum atomic E-state index is 4.30. The van der Waals surface area contributed by atoms with Crippen molar-refractivity contribution >= 4 is 17.0 Å². The molecule has 17 heavy (non-hydrogen) atoms. The number of hydrogen-bond acceptors (Lipinski definition) is 3. The molecule has 0 aliphatic heterocycles. The summed E-state index contributed by atoms with van der Waals surface area (Å²) in [5.74, 6) is 0. The third-order valence-electron chi connectivity index (χ3n) is 3.34. The van der Waals surface area contributed by atoms with Crippen molar-refractivity contribution in [1.29, 1.82) is 0 Å². The molecule has 1 aliphatic carbocycles. The number of benzene rings is 1. The van der Waals surface area contributed by atoms with Crippen molar-refractivity contribution in [2.24, 2.45) is 0 Å². The van der Waals surface area contributed by atoms with Gasteiger partial charge in [-0.2, -0.15) is 0 Å². The first kappa shape index (κ1) is 10.8. The van der Waals surface area contributed by atoms with E-state index < -0.39 is 0 Å². The van der Waals surface area contributed by atoms with Gasteiger partial charge in [0.05, 0.1) is 17.7 Å². The molecule has 88 valence electrons. The van der Waals surface area contributed by atoms with Crippen molar-refractivity contribution in [2.45, 2.75) is 32.2 Å². The molecule has 1 aromatic carbocycles. The topological polar surface area (TPSA) is 24.9 Å². The van der Waals surface area contributed by atoms with Gasteiger partial charge in [0, 0.05) is 11.1 Å². The lowest BCUT2D eigenvalue weighted by molar-refractivity contribution is 0.686. The van der Waals surface area contributed by atoms with E-state index in [-0.39, 0.29) is 0 Å². The molecule has 0 atom stereocenters. The quantitative estimate of drug-likeness (QED) is 0.891. The highest BCUT2D eigenvalue weighted by Crippen LogP contribution is 2.28. The SMILES string of the molecule is c1cc2c(c(NCc3cscn3)c1)CCCC2. The Hall–Kier alpha value is -1.35. The first-order chi connectivity index (χ1) is 8.43. The lowest BCUT2D eigenvalue weighted by atomic mass is 9.90. The van der Waals surface area contributed by atoms with Gasteiger partial charge in [-0.15, -0.1) is 11.3 Å². The monoisotopic (exact) mass is 244 g/mol. The van der Waals surface area contributed by atoms with Gasteiger partial charge in [0.15, 0.2) is 0 Å². The second kappa shape index (κ2) is 4.88. The van der Waals surface area contributed by atoms with Gasteiger partial charge >= 0.3 is 0 Å². The van der Waals surface area contributed by atoms with Gasteiger partial charge in [0.1, 0.15) is 0 Å². The number of nitrogens with zero attached hydrogens (tertiary/aromatic N) is 1. The molecule has 0 saturated carbocycles. The molecule has 2 aromatic rings. The minimum Gasteiger partial charge on any atom is -0.379 e. The minimum atomic E-state index is 0.833. The van der Waals surface area contributed by atoms with Crippen LogP contribution in [0.25, 0.3) is 0 Å². The number of aromatic nitrogens is 1. The second-order valence-electron chi connectivity index (χ2n) is 4.48. The lowest BCUT2D eigenvalue weighted by Gasteiger charge is -2.19. The van der Waals surface area contributed by atoms with Gasteiger partial charge in [-0.25, -0.2) is 4.98 Å².